The molecule has 1 N–H and O–H groups in total. The van der Waals surface area contributed by atoms with E-state index >= 15 is 0 Å². The van der Waals surface area contributed by atoms with Crippen LogP contribution < -0.4 is 18.5 Å². The topological polar surface area (TPSA) is 74.2 Å². The molecule has 0 radical (unpaired) electrons. The summed E-state index contributed by atoms with van der Waals surface area (Å²) in [6.07, 6.45) is 0. The third-order valence-electron chi connectivity index (χ3n) is 2.94. The molecule has 148 valence electrons. The quantitative estimate of drug-likeness (QED) is 0.643. The molecular weight excluding hydrogens is 367 g/mol. The van der Waals surface area contributed by atoms with Gasteiger partial charge in [0.05, 0.1) is 0 Å². The zero-order valence-corrected chi connectivity index (χ0v) is 17.4. The third-order valence-corrected chi connectivity index (χ3v) is 3.82. The summed E-state index contributed by atoms with van der Waals surface area (Å²) in [5.74, 6) is 1.68. The molecule has 2 aromatic carbocycles. The molecule has 0 aliphatic heterocycles. The average molecular weight is 394 g/mol. The molecule has 0 amide bonds. The minimum absolute atomic E-state index is 0.203. The van der Waals surface area contributed by atoms with Crippen LogP contribution in [0.25, 0.3) is 0 Å². The number of hydrogen-bond acceptors (Lipinski definition) is 5. The first-order valence-electron chi connectivity index (χ1n) is 8.62. The third kappa shape index (κ3) is 7.94. The van der Waals surface area contributed by atoms with Gasteiger partial charge < -0.3 is 18.5 Å². The lowest BCUT2D eigenvalue weighted by atomic mass is 10.2. The number of phosphoric ester groups is 1. The van der Waals surface area contributed by atoms with Gasteiger partial charge in [-0.25, -0.2) is 4.57 Å². The van der Waals surface area contributed by atoms with Crippen molar-refractivity contribution in [2.45, 2.75) is 52.7 Å². The predicted molar refractivity (Wildman–Crippen MR) is 105 cm³/mol. The molecule has 7 heteroatoms. The van der Waals surface area contributed by atoms with Crippen LogP contribution >= 0.6 is 7.82 Å². The Morgan fingerprint density at radius 1 is 0.630 bits per heavy atom. The number of phosphoric acid groups is 1. The normalized spacial score (nSPS) is 12.4. The fourth-order valence-electron chi connectivity index (χ4n) is 2.13. The Morgan fingerprint density at radius 2 is 0.889 bits per heavy atom. The molecule has 0 spiro atoms. The van der Waals surface area contributed by atoms with Gasteiger partial charge in [0, 0.05) is 0 Å². The minimum Gasteiger partial charge on any atom is -0.488 e. The summed E-state index contributed by atoms with van der Waals surface area (Å²) >= 11 is 0. The van der Waals surface area contributed by atoms with Crippen molar-refractivity contribution in [2.75, 3.05) is 0 Å². The second kappa shape index (κ2) is 7.83. The summed E-state index contributed by atoms with van der Waals surface area (Å²) in [5.41, 5.74) is -0.665. The van der Waals surface area contributed by atoms with Crippen LogP contribution in [0, 0.1) is 0 Å². The number of rotatable bonds is 6. The van der Waals surface area contributed by atoms with E-state index in [1.54, 1.807) is 48.5 Å². The maximum Gasteiger partial charge on any atom is 0.584 e. The average Bonchev–Trinajstić information content (AvgIpc) is 2.48. The van der Waals surface area contributed by atoms with E-state index in [0.717, 1.165) is 0 Å². The van der Waals surface area contributed by atoms with Crippen molar-refractivity contribution in [2.24, 2.45) is 0 Å². The maximum absolute atomic E-state index is 12.2. The van der Waals surface area contributed by atoms with Crippen LogP contribution in [0.15, 0.2) is 48.5 Å². The van der Waals surface area contributed by atoms with Crippen molar-refractivity contribution in [3.8, 4) is 23.0 Å². The number of ether oxygens (including phenoxy) is 2. The first kappa shape index (κ1) is 21.1. The Labute approximate surface area is 160 Å². The Balaban J connectivity index is 1.99. The van der Waals surface area contributed by atoms with Crippen molar-refractivity contribution < 1.29 is 28.0 Å². The Bertz CT molecular complexity index is 720. The largest absolute Gasteiger partial charge is 0.584 e. The molecule has 0 aromatic heterocycles. The van der Waals surface area contributed by atoms with Crippen LogP contribution in [0.1, 0.15) is 41.5 Å². The van der Waals surface area contributed by atoms with Crippen LogP contribution in [0.5, 0.6) is 23.0 Å². The van der Waals surface area contributed by atoms with Gasteiger partial charge in [-0.2, -0.15) is 0 Å². The van der Waals surface area contributed by atoms with E-state index in [4.69, 9.17) is 18.5 Å². The fraction of sp³-hybridized carbons (Fsp3) is 0.400. The standard InChI is InChI=1S/C20H27O6P/c1-19(2,3)23-15-7-11-17(12-8-15)25-27(21,22)26-18-13-9-16(10-14-18)24-20(4,5)6/h7-14H,1-6H3,(H,21,22). The second-order valence-corrected chi connectivity index (χ2v) is 9.33. The van der Waals surface area contributed by atoms with Crippen LogP contribution in [0.3, 0.4) is 0 Å². The Morgan fingerprint density at radius 3 is 1.15 bits per heavy atom. The van der Waals surface area contributed by atoms with Gasteiger partial charge in [0.25, 0.3) is 0 Å². The van der Waals surface area contributed by atoms with Crippen LogP contribution in [-0.4, -0.2) is 16.1 Å². The Kier molecular flexibility index (Phi) is 6.13. The summed E-state index contributed by atoms with van der Waals surface area (Å²) in [7, 11) is -4.33. The van der Waals surface area contributed by atoms with Gasteiger partial charge in [-0.1, -0.05) is 0 Å². The lowest BCUT2D eigenvalue weighted by Crippen LogP contribution is -2.22. The van der Waals surface area contributed by atoms with Crippen LogP contribution in [0.4, 0.5) is 0 Å². The van der Waals surface area contributed by atoms with Crippen molar-refractivity contribution in [1.82, 2.24) is 0 Å². The van der Waals surface area contributed by atoms with Gasteiger partial charge in [0.15, 0.2) is 0 Å². The number of benzene rings is 2. The molecule has 0 unspecified atom stereocenters. The van der Waals surface area contributed by atoms with Gasteiger partial charge >= 0.3 is 7.82 Å². The van der Waals surface area contributed by atoms with E-state index in [9.17, 15) is 9.46 Å². The molecule has 0 atom stereocenters. The van der Waals surface area contributed by atoms with Crippen LogP contribution in [-0.2, 0) is 4.57 Å². The highest BCUT2D eigenvalue weighted by atomic mass is 31.2. The summed E-state index contributed by atoms with van der Waals surface area (Å²) in [4.78, 5) is 9.98. The van der Waals surface area contributed by atoms with Crippen molar-refractivity contribution in [3.05, 3.63) is 48.5 Å². The molecule has 0 saturated carbocycles. The zero-order valence-electron chi connectivity index (χ0n) is 16.6. The lowest BCUT2D eigenvalue weighted by molar-refractivity contribution is 0.130. The number of hydrogen-bond donors (Lipinski definition) is 1. The molecule has 0 bridgehead atoms. The molecule has 2 rings (SSSR count). The summed E-state index contributed by atoms with van der Waals surface area (Å²) in [5, 5.41) is 0. The molecule has 0 aliphatic carbocycles. The molecule has 0 fully saturated rings. The molecule has 0 saturated heterocycles. The van der Waals surface area contributed by atoms with E-state index < -0.39 is 7.82 Å². The minimum atomic E-state index is -4.33. The summed E-state index contributed by atoms with van der Waals surface area (Å²) in [6.45, 7) is 11.6. The van der Waals surface area contributed by atoms with Gasteiger partial charge in [0.2, 0.25) is 0 Å². The Hall–Kier alpha value is -2.17. The van der Waals surface area contributed by atoms with Gasteiger partial charge in [0.1, 0.15) is 34.2 Å². The highest BCUT2D eigenvalue weighted by Crippen LogP contribution is 2.44. The molecular formula is C20H27O6P. The zero-order chi connectivity index (χ0) is 20.3. The first-order valence-corrected chi connectivity index (χ1v) is 10.1. The highest BCUT2D eigenvalue weighted by Gasteiger charge is 2.25. The van der Waals surface area contributed by atoms with E-state index in [0.29, 0.717) is 11.5 Å². The molecule has 6 nitrogen and oxygen atoms in total. The molecule has 2 aromatic rings. The summed E-state index contributed by atoms with van der Waals surface area (Å²) in [6, 6.07) is 12.9. The van der Waals surface area contributed by atoms with Crippen molar-refractivity contribution >= 4 is 7.82 Å². The van der Waals surface area contributed by atoms with Crippen molar-refractivity contribution in [3.63, 3.8) is 0 Å². The lowest BCUT2D eigenvalue weighted by Gasteiger charge is -2.22. The predicted octanol–water partition coefficient (Wildman–Crippen LogP) is 5.60. The highest BCUT2D eigenvalue weighted by molar-refractivity contribution is 7.48. The van der Waals surface area contributed by atoms with E-state index in [1.165, 1.54) is 0 Å². The van der Waals surface area contributed by atoms with Gasteiger partial charge in [-0.15, -0.1) is 0 Å². The monoisotopic (exact) mass is 394 g/mol. The first-order chi connectivity index (χ1) is 12.3. The molecule has 0 heterocycles. The maximum atomic E-state index is 12.2. The second-order valence-electron chi connectivity index (χ2n) is 8.02. The molecule has 27 heavy (non-hydrogen) atoms. The van der Waals surface area contributed by atoms with Crippen LogP contribution in [0.2, 0.25) is 0 Å². The van der Waals surface area contributed by atoms with E-state index in [1.807, 2.05) is 41.5 Å². The van der Waals surface area contributed by atoms with E-state index in [2.05, 4.69) is 0 Å². The van der Waals surface area contributed by atoms with Gasteiger partial charge in [-0.05, 0) is 90.1 Å². The SMILES string of the molecule is CC(C)(C)Oc1ccc(OP(=O)(O)Oc2ccc(OC(C)(C)C)cc2)cc1. The molecule has 0 aliphatic rings. The summed E-state index contributed by atoms with van der Waals surface area (Å²) < 4.78 is 33.8. The van der Waals surface area contributed by atoms with E-state index in [-0.39, 0.29) is 22.7 Å². The van der Waals surface area contributed by atoms with Gasteiger partial charge in [-0.3, -0.25) is 4.89 Å². The van der Waals surface area contributed by atoms with Crippen molar-refractivity contribution in [1.29, 1.82) is 0 Å². The smallest absolute Gasteiger partial charge is 0.488 e. The fourth-order valence-corrected chi connectivity index (χ4v) is 2.94.